The number of carboxylic acids is 1. The summed E-state index contributed by atoms with van der Waals surface area (Å²) in [7, 11) is 0. The average molecular weight is 357 g/mol. The van der Waals surface area contributed by atoms with Crippen molar-refractivity contribution in [3.05, 3.63) is 29.8 Å². The van der Waals surface area contributed by atoms with Crippen molar-refractivity contribution < 1.29 is 33.0 Å². The van der Waals surface area contributed by atoms with E-state index >= 15 is 0 Å². The van der Waals surface area contributed by atoms with Gasteiger partial charge in [-0.1, -0.05) is 18.2 Å². The summed E-state index contributed by atoms with van der Waals surface area (Å²) in [6.45, 7) is 2.09. The lowest BCUT2D eigenvalue weighted by Crippen LogP contribution is -2.57. The molecule has 1 saturated carbocycles. The van der Waals surface area contributed by atoms with Gasteiger partial charge in [-0.15, -0.1) is 0 Å². The molecule has 2 rings (SSSR count). The van der Waals surface area contributed by atoms with E-state index in [0.717, 1.165) is 0 Å². The third kappa shape index (κ3) is 4.37. The number of halogens is 2. The number of amides is 1. The summed E-state index contributed by atoms with van der Waals surface area (Å²) >= 11 is 0. The van der Waals surface area contributed by atoms with Crippen LogP contribution in [0.4, 0.5) is 13.6 Å². The number of carboxylic acid groups (broad SMARTS) is 1. The summed E-state index contributed by atoms with van der Waals surface area (Å²) in [5, 5.41) is 12.2. The fourth-order valence-electron chi connectivity index (χ4n) is 2.93. The summed E-state index contributed by atoms with van der Waals surface area (Å²) in [6, 6.07) is 5.39. The number of para-hydroxylation sites is 1. The minimum atomic E-state index is -3.05. The van der Waals surface area contributed by atoms with E-state index in [9.17, 15) is 23.5 Å². The molecule has 1 fully saturated rings. The van der Waals surface area contributed by atoms with Crippen LogP contribution >= 0.6 is 0 Å². The number of carbonyl (C=O) groups is 2. The minimum absolute atomic E-state index is 0.0607. The van der Waals surface area contributed by atoms with E-state index < -0.39 is 35.7 Å². The van der Waals surface area contributed by atoms with Crippen LogP contribution in [-0.4, -0.2) is 35.4 Å². The highest BCUT2D eigenvalue weighted by Crippen LogP contribution is 2.47. The lowest BCUT2D eigenvalue weighted by Gasteiger charge is -2.45. The second-order valence-electron chi connectivity index (χ2n) is 7.01. The maximum atomic E-state index is 12.6. The highest BCUT2D eigenvalue weighted by atomic mass is 19.3. The molecule has 8 heteroatoms. The fraction of sp³-hybridized carbons (Fsp3) is 0.529. The summed E-state index contributed by atoms with van der Waals surface area (Å²) in [5.41, 5.74) is -1.88. The summed E-state index contributed by atoms with van der Waals surface area (Å²) in [6.07, 6.45) is -0.523. The molecule has 0 saturated heterocycles. The second kappa shape index (κ2) is 6.85. The molecule has 1 aliphatic rings. The molecule has 1 aliphatic carbocycles. The number of carbonyl (C=O) groups excluding carboxylic acids is 1. The molecule has 1 aromatic rings. The van der Waals surface area contributed by atoms with Crippen LogP contribution in [0.2, 0.25) is 0 Å². The van der Waals surface area contributed by atoms with Gasteiger partial charge in [0.15, 0.2) is 0 Å². The van der Waals surface area contributed by atoms with Gasteiger partial charge in [-0.05, 0) is 39.7 Å². The maximum Gasteiger partial charge on any atom is 0.407 e. The van der Waals surface area contributed by atoms with Crippen LogP contribution in [-0.2, 0) is 14.9 Å². The summed E-state index contributed by atoms with van der Waals surface area (Å²) in [4.78, 5) is 23.6. The topological polar surface area (TPSA) is 84.9 Å². The molecule has 0 unspecified atom stereocenters. The van der Waals surface area contributed by atoms with Gasteiger partial charge >= 0.3 is 18.7 Å². The van der Waals surface area contributed by atoms with Gasteiger partial charge < -0.3 is 19.9 Å². The van der Waals surface area contributed by atoms with Crippen LogP contribution in [0.5, 0.6) is 5.75 Å². The van der Waals surface area contributed by atoms with Crippen molar-refractivity contribution in [2.75, 3.05) is 0 Å². The maximum absolute atomic E-state index is 12.6. The highest BCUT2D eigenvalue weighted by molar-refractivity contribution is 5.84. The number of hydrogen-bond donors (Lipinski definition) is 2. The fourth-order valence-corrected chi connectivity index (χ4v) is 2.93. The van der Waals surface area contributed by atoms with Gasteiger partial charge in [0.25, 0.3) is 0 Å². The van der Waals surface area contributed by atoms with Crippen LogP contribution in [0.3, 0.4) is 0 Å². The highest BCUT2D eigenvalue weighted by Gasteiger charge is 2.54. The first-order valence-electron chi connectivity index (χ1n) is 7.81. The van der Waals surface area contributed by atoms with Gasteiger partial charge in [0.1, 0.15) is 16.8 Å². The van der Waals surface area contributed by atoms with Crippen LogP contribution in [0.1, 0.15) is 39.2 Å². The van der Waals surface area contributed by atoms with Crippen molar-refractivity contribution in [2.45, 2.75) is 57.3 Å². The lowest BCUT2D eigenvalue weighted by molar-refractivity contribution is -0.149. The van der Waals surface area contributed by atoms with Crippen molar-refractivity contribution in [1.29, 1.82) is 0 Å². The molecule has 0 heterocycles. The Kier molecular flexibility index (Phi) is 5.20. The first-order chi connectivity index (χ1) is 11.5. The molecule has 0 atom stereocenters. The van der Waals surface area contributed by atoms with Crippen molar-refractivity contribution in [1.82, 2.24) is 5.32 Å². The smallest absolute Gasteiger partial charge is 0.407 e. The van der Waals surface area contributed by atoms with Gasteiger partial charge in [0, 0.05) is 11.6 Å². The van der Waals surface area contributed by atoms with Crippen molar-refractivity contribution in [3.8, 4) is 5.75 Å². The molecule has 0 bridgehead atoms. The number of alkyl carbamates (subject to hydrolysis) is 1. The van der Waals surface area contributed by atoms with E-state index in [4.69, 9.17) is 4.74 Å². The number of alkyl halides is 2. The van der Waals surface area contributed by atoms with Gasteiger partial charge in [-0.3, -0.25) is 4.79 Å². The number of hydrogen-bond acceptors (Lipinski definition) is 4. The second-order valence-corrected chi connectivity index (χ2v) is 7.01. The predicted molar refractivity (Wildman–Crippen MR) is 84.8 cm³/mol. The molecular formula is C17H21F2NO5. The van der Waals surface area contributed by atoms with Gasteiger partial charge in [-0.25, -0.2) is 4.79 Å². The Morgan fingerprint density at radius 3 is 2.40 bits per heavy atom. The quantitative estimate of drug-likeness (QED) is 0.845. The number of nitrogens with one attached hydrogen (secondary N) is 1. The van der Waals surface area contributed by atoms with Crippen LogP contribution in [0.25, 0.3) is 0 Å². The van der Waals surface area contributed by atoms with Crippen molar-refractivity contribution >= 4 is 12.1 Å². The molecule has 1 aromatic carbocycles. The molecule has 6 nitrogen and oxygen atoms in total. The molecule has 0 radical (unpaired) electrons. The molecule has 1 amide bonds. The largest absolute Gasteiger partial charge is 0.481 e. The third-order valence-electron chi connectivity index (χ3n) is 3.94. The standard InChI is InChI=1S/C17H21F2NO5/c1-16(2,3)25-15(23)20-10-8-17(9-10,13(21)22)11-6-4-5-7-12(11)24-14(18)19/h4-7,10,14H,8-9H2,1-3H3,(H,20,23)(H,21,22). The number of benzene rings is 1. The van der Waals surface area contributed by atoms with E-state index in [2.05, 4.69) is 10.1 Å². The van der Waals surface area contributed by atoms with Crippen molar-refractivity contribution in [3.63, 3.8) is 0 Å². The Balaban J connectivity index is 2.14. The van der Waals surface area contributed by atoms with Gasteiger partial charge in [-0.2, -0.15) is 8.78 Å². The van der Waals surface area contributed by atoms with E-state index in [1.54, 1.807) is 26.8 Å². The van der Waals surface area contributed by atoms with Gasteiger partial charge in [0.2, 0.25) is 0 Å². The Hall–Kier alpha value is -2.38. The average Bonchev–Trinajstić information content (AvgIpc) is 2.40. The number of ether oxygens (including phenoxy) is 2. The van der Waals surface area contributed by atoms with Crippen LogP contribution in [0.15, 0.2) is 24.3 Å². The molecule has 0 spiro atoms. The predicted octanol–water partition coefficient (Wildman–Crippen LogP) is 3.30. The summed E-state index contributed by atoms with van der Waals surface area (Å²) in [5.74, 6) is -1.32. The molecule has 138 valence electrons. The van der Waals surface area contributed by atoms with E-state index in [0.29, 0.717) is 0 Å². The van der Waals surface area contributed by atoms with E-state index in [1.807, 2.05) is 0 Å². The number of aliphatic carboxylic acids is 1. The Labute approximate surface area is 144 Å². The first-order valence-corrected chi connectivity index (χ1v) is 7.81. The molecule has 0 aliphatic heterocycles. The zero-order valence-electron chi connectivity index (χ0n) is 14.2. The van der Waals surface area contributed by atoms with E-state index in [-0.39, 0.29) is 24.2 Å². The molecule has 0 aromatic heterocycles. The molecule has 2 N–H and O–H groups in total. The normalized spacial score (nSPS) is 22.9. The Bertz CT molecular complexity index is 651. The molecular weight excluding hydrogens is 336 g/mol. The Morgan fingerprint density at radius 2 is 1.88 bits per heavy atom. The SMILES string of the molecule is CC(C)(C)OC(=O)NC1CC(C(=O)O)(c2ccccc2OC(F)F)C1. The minimum Gasteiger partial charge on any atom is -0.481 e. The Morgan fingerprint density at radius 1 is 1.28 bits per heavy atom. The van der Waals surface area contributed by atoms with Crippen molar-refractivity contribution in [2.24, 2.45) is 0 Å². The van der Waals surface area contributed by atoms with Gasteiger partial charge in [0.05, 0.1) is 0 Å². The zero-order valence-corrected chi connectivity index (χ0v) is 14.2. The summed E-state index contributed by atoms with van der Waals surface area (Å²) < 4.78 is 34.7. The number of rotatable bonds is 5. The van der Waals surface area contributed by atoms with E-state index in [1.165, 1.54) is 18.2 Å². The monoisotopic (exact) mass is 357 g/mol. The molecule has 25 heavy (non-hydrogen) atoms. The van der Waals surface area contributed by atoms with Crippen LogP contribution in [0, 0.1) is 0 Å². The zero-order chi connectivity index (χ0) is 18.8. The first kappa shape index (κ1) is 19.0. The third-order valence-corrected chi connectivity index (χ3v) is 3.94. The lowest BCUT2D eigenvalue weighted by atomic mass is 9.61. The van der Waals surface area contributed by atoms with Crippen LogP contribution < -0.4 is 10.1 Å².